The van der Waals surface area contributed by atoms with Crippen LogP contribution in [0.3, 0.4) is 0 Å². The molecule has 3 heteroatoms. The highest BCUT2D eigenvalue weighted by molar-refractivity contribution is 14.1. The molecule has 0 saturated heterocycles. The van der Waals surface area contributed by atoms with Gasteiger partial charge in [-0.05, 0) is 53.1 Å². The molecule has 0 unspecified atom stereocenters. The highest BCUT2D eigenvalue weighted by atomic mass is 127. The van der Waals surface area contributed by atoms with Crippen LogP contribution in [0.1, 0.15) is 12.0 Å². The van der Waals surface area contributed by atoms with Gasteiger partial charge in [0.25, 0.3) is 0 Å². The van der Waals surface area contributed by atoms with E-state index in [0.717, 1.165) is 28.5 Å². The summed E-state index contributed by atoms with van der Waals surface area (Å²) >= 11 is 2.25. The number of anilines is 1. The van der Waals surface area contributed by atoms with Crippen LogP contribution in [-0.2, 0) is 6.42 Å². The number of hydrogen-bond acceptors (Lipinski definition) is 1. The molecular weight excluding hydrogens is 268 g/mol. The molecule has 0 atom stereocenters. The number of halogens is 2. The van der Waals surface area contributed by atoms with Gasteiger partial charge in [0.05, 0.1) is 5.69 Å². The number of benzene rings is 1. The van der Waals surface area contributed by atoms with Crippen molar-refractivity contribution < 1.29 is 4.39 Å². The monoisotopic (exact) mass is 277 g/mol. The summed E-state index contributed by atoms with van der Waals surface area (Å²) in [7, 11) is 0. The van der Waals surface area contributed by atoms with Crippen LogP contribution in [0.5, 0.6) is 0 Å². The molecule has 0 aliphatic carbocycles. The molecule has 12 heavy (non-hydrogen) atoms. The molecule has 1 aromatic carbocycles. The minimum Gasteiger partial charge on any atom is -0.382 e. The quantitative estimate of drug-likeness (QED) is 0.719. The second kappa shape index (κ2) is 3.20. The highest BCUT2D eigenvalue weighted by Gasteiger charge is 2.14. The van der Waals surface area contributed by atoms with Crippen molar-refractivity contribution >= 4 is 28.3 Å². The third kappa shape index (κ3) is 1.30. The molecule has 0 aromatic heterocycles. The zero-order chi connectivity index (χ0) is 8.55. The third-order valence-electron chi connectivity index (χ3n) is 2.11. The largest absolute Gasteiger partial charge is 0.382 e. The Labute approximate surface area is 84.5 Å². The fourth-order valence-corrected chi connectivity index (χ4v) is 2.23. The van der Waals surface area contributed by atoms with E-state index in [0.29, 0.717) is 5.69 Å². The Kier molecular flexibility index (Phi) is 2.21. The van der Waals surface area contributed by atoms with Gasteiger partial charge < -0.3 is 5.32 Å². The maximum Gasteiger partial charge on any atom is 0.146 e. The average molecular weight is 277 g/mol. The highest BCUT2D eigenvalue weighted by Crippen LogP contribution is 2.28. The van der Waals surface area contributed by atoms with Crippen molar-refractivity contribution in [3.63, 3.8) is 0 Å². The molecule has 1 heterocycles. The van der Waals surface area contributed by atoms with Gasteiger partial charge in [-0.15, -0.1) is 0 Å². The smallest absolute Gasteiger partial charge is 0.146 e. The zero-order valence-corrected chi connectivity index (χ0v) is 8.69. The first kappa shape index (κ1) is 8.29. The summed E-state index contributed by atoms with van der Waals surface area (Å²) in [6.45, 7) is 0.893. The van der Waals surface area contributed by atoms with Gasteiger partial charge in [0.1, 0.15) is 5.82 Å². The van der Waals surface area contributed by atoms with Crippen LogP contribution in [0, 0.1) is 9.39 Å². The Morgan fingerprint density at radius 3 is 3.00 bits per heavy atom. The van der Waals surface area contributed by atoms with E-state index >= 15 is 0 Å². The third-order valence-corrected chi connectivity index (χ3v) is 3.12. The summed E-state index contributed by atoms with van der Waals surface area (Å²) in [6, 6.07) is 3.36. The first-order valence-electron chi connectivity index (χ1n) is 4.00. The molecule has 0 saturated carbocycles. The van der Waals surface area contributed by atoms with Crippen LogP contribution in [0.4, 0.5) is 10.1 Å². The molecule has 0 spiro atoms. The zero-order valence-electron chi connectivity index (χ0n) is 6.53. The lowest BCUT2D eigenvalue weighted by molar-refractivity contribution is 0.622. The second-order valence-electron chi connectivity index (χ2n) is 2.91. The van der Waals surface area contributed by atoms with Crippen molar-refractivity contribution in [2.45, 2.75) is 12.8 Å². The molecule has 0 bridgehead atoms. The Morgan fingerprint density at radius 2 is 2.25 bits per heavy atom. The molecule has 64 valence electrons. The van der Waals surface area contributed by atoms with E-state index in [4.69, 9.17) is 0 Å². The van der Waals surface area contributed by atoms with Crippen molar-refractivity contribution in [3.05, 3.63) is 27.1 Å². The lowest BCUT2D eigenvalue weighted by atomic mass is 10.0. The van der Waals surface area contributed by atoms with E-state index in [1.165, 1.54) is 6.07 Å². The van der Waals surface area contributed by atoms with Gasteiger partial charge in [-0.1, -0.05) is 0 Å². The fourth-order valence-electron chi connectivity index (χ4n) is 1.51. The molecule has 1 aliphatic rings. The van der Waals surface area contributed by atoms with Crippen molar-refractivity contribution in [1.82, 2.24) is 0 Å². The minimum absolute atomic E-state index is 0.120. The summed E-state index contributed by atoms with van der Waals surface area (Å²) < 4.78 is 14.3. The summed E-state index contributed by atoms with van der Waals surface area (Å²) in [5.74, 6) is -0.120. The average Bonchev–Trinajstić information content (AvgIpc) is 2.12. The van der Waals surface area contributed by atoms with Gasteiger partial charge in [0.15, 0.2) is 0 Å². The standard InChI is InChI=1S/C9H9FIN/c10-7-3-4-8(11)6-2-1-5-12-9(6)7/h3-4,12H,1-2,5H2. The topological polar surface area (TPSA) is 12.0 Å². The van der Waals surface area contributed by atoms with Gasteiger partial charge in [-0.2, -0.15) is 0 Å². The van der Waals surface area contributed by atoms with Gasteiger partial charge in [-0.25, -0.2) is 4.39 Å². The molecule has 1 N–H and O–H groups in total. The van der Waals surface area contributed by atoms with Crippen LogP contribution in [0.15, 0.2) is 12.1 Å². The Balaban J connectivity index is 2.57. The Hall–Kier alpha value is -0.320. The van der Waals surface area contributed by atoms with E-state index in [9.17, 15) is 4.39 Å². The number of rotatable bonds is 0. The predicted octanol–water partition coefficient (Wildman–Crippen LogP) is 2.79. The molecule has 2 rings (SSSR count). The van der Waals surface area contributed by atoms with E-state index < -0.39 is 0 Å². The summed E-state index contributed by atoms with van der Waals surface area (Å²) in [5.41, 5.74) is 1.86. The van der Waals surface area contributed by atoms with Crippen LogP contribution < -0.4 is 5.32 Å². The summed E-state index contributed by atoms with van der Waals surface area (Å²) in [4.78, 5) is 0. The van der Waals surface area contributed by atoms with Gasteiger partial charge in [0.2, 0.25) is 0 Å². The van der Waals surface area contributed by atoms with Crippen molar-refractivity contribution in [3.8, 4) is 0 Å². The van der Waals surface area contributed by atoms with Crippen LogP contribution >= 0.6 is 22.6 Å². The van der Waals surface area contributed by atoms with Gasteiger partial charge in [-0.3, -0.25) is 0 Å². The van der Waals surface area contributed by atoms with E-state index in [2.05, 4.69) is 27.9 Å². The maximum absolute atomic E-state index is 13.2. The summed E-state index contributed by atoms with van der Waals surface area (Å²) in [6.07, 6.45) is 2.10. The first-order valence-corrected chi connectivity index (χ1v) is 5.07. The van der Waals surface area contributed by atoms with Crippen LogP contribution in [0.2, 0.25) is 0 Å². The van der Waals surface area contributed by atoms with Crippen molar-refractivity contribution in [2.24, 2.45) is 0 Å². The predicted molar refractivity (Wildman–Crippen MR) is 55.9 cm³/mol. The summed E-state index contributed by atoms with van der Waals surface area (Å²) in [5, 5.41) is 3.09. The van der Waals surface area contributed by atoms with Crippen molar-refractivity contribution in [1.29, 1.82) is 0 Å². The molecule has 1 aromatic rings. The normalized spacial score (nSPS) is 15.2. The van der Waals surface area contributed by atoms with Crippen molar-refractivity contribution in [2.75, 3.05) is 11.9 Å². The van der Waals surface area contributed by atoms with E-state index in [-0.39, 0.29) is 5.82 Å². The van der Waals surface area contributed by atoms with Gasteiger partial charge in [0, 0.05) is 10.1 Å². The first-order chi connectivity index (χ1) is 5.79. The van der Waals surface area contributed by atoms with E-state index in [1.807, 2.05) is 6.07 Å². The minimum atomic E-state index is -0.120. The molecule has 1 aliphatic heterocycles. The van der Waals surface area contributed by atoms with E-state index in [1.54, 1.807) is 0 Å². The SMILES string of the molecule is Fc1ccc(I)c2c1NCCC2. The van der Waals surface area contributed by atoms with Crippen LogP contribution in [0.25, 0.3) is 0 Å². The molecule has 0 amide bonds. The Morgan fingerprint density at radius 1 is 1.42 bits per heavy atom. The fraction of sp³-hybridized carbons (Fsp3) is 0.333. The number of nitrogens with one attached hydrogen (secondary N) is 1. The number of fused-ring (bicyclic) bond motifs is 1. The van der Waals surface area contributed by atoms with Crippen LogP contribution in [-0.4, -0.2) is 6.54 Å². The second-order valence-corrected chi connectivity index (χ2v) is 4.08. The Bertz CT molecular complexity index is 281. The van der Waals surface area contributed by atoms with Gasteiger partial charge >= 0.3 is 0 Å². The molecule has 0 radical (unpaired) electrons. The molecule has 1 nitrogen and oxygen atoms in total. The lowest BCUT2D eigenvalue weighted by Crippen LogP contribution is -2.14. The molecule has 0 fully saturated rings. The molecular formula is C9H9FIN. The number of hydrogen-bond donors (Lipinski definition) is 1. The lowest BCUT2D eigenvalue weighted by Gasteiger charge is -2.19. The maximum atomic E-state index is 13.2.